The highest BCUT2D eigenvalue weighted by atomic mass is 16.5. The summed E-state index contributed by atoms with van der Waals surface area (Å²) in [5.41, 5.74) is 3.93. The molecule has 0 unspecified atom stereocenters. The molecule has 0 bridgehead atoms. The Labute approximate surface area is 220 Å². The van der Waals surface area contributed by atoms with Crippen molar-refractivity contribution >= 4 is 11.8 Å². The highest BCUT2D eigenvalue weighted by molar-refractivity contribution is 5.88. The Kier molecular flexibility index (Phi) is 10.1. The van der Waals surface area contributed by atoms with Gasteiger partial charge in [-0.2, -0.15) is 0 Å². The van der Waals surface area contributed by atoms with Gasteiger partial charge in [0.25, 0.3) is 5.91 Å². The standard InChI is InChI=1S/C31H38N2O4/c1-6-23(3)32-31(35)28(19-25-13-8-7-9-14-25)33(20-26-15-11-16-27(18-26)36-5)30(34)21-37-29-17-10-12-22(2)24(29)4/h7-18,23,28H,6,19-21H2,1-5H3,(H,32,35)/t23-,28+/m0/s1. The van der Waals surface area contributed by atoms with Crippen molar-refractivity contribution in [2.45, 2.75) is 59.2 Å². The summed E-state index contributed by atoms with van der Waals surface area (Å²) in [5.74, 6) is 0.920. The van der Waals surface area contributed by atoms with E-state index in [0.29, 0.717) is 17.9 Å². The molecule has 0 fully saturated rings. The highest BCUT2D eigenvalue weighted by Gasteiger charge is 2.31. The van der Waals surface area contributed by atoms with E-state index in [1.54, 1.807) is 12.0 Å². The molecule has 196 valence electrons. The minimum absolute atomic E-state index is 0.00858. The molecule has 0 aromatic heterocycles. The molecule has 0 saturated heterocycles. The van der Waals surface area contributed by atoms with Gasteiger partial charge >= 0.3 is 0 Å². The molecular formula is C31H38N2O4. The second-order valence-corrected chi connectivity index (χ2v) is 9.38. The molecule has 2 amide bonds. The molecule has 2 atom stereocenters. The molecule has 0 aliphatic heterocycles. The minimum Gasteiger partial charge on any atom is -0.497 e. The number of methoxy groups -OCH3 is 1. The summed E-state index contributed by atoms with van der Waals surface area (Å²) in [5, 5.41) is 3.09. The number of carbonyl (C=O) groups excluding carboxylic acids is 2. The van der Waals surface area contributed by atoms with E-state index in [9.17, 15) is 9.59 Å². The fourth-order valence-electron chi connectivity index (χ4n) is 4.07. The van der Waals surface area contributed by atoms with Crippen LogP contribution >= 0.6 is 0 Å². The van der Waals surface area contributed by atoms with Crippen molar-refractivity contribution in [1.82, 2.24) is 10.2 Å². The third-order valence-electron chi connectivity index (χ3n) is 6.67. The summed E-state index contributed by atoms with van der Waals surface area (Å²) < 4.78 is 11.4. The largest absolute Gasteiger partial charge is 0.497 e. The van der Waals surface area contributed by atoms with Crippen LogP contribution in [0.4, 0.5) is 0 Å². The molecule has 0 saturated carbocycles. The SMILES string of the molecule is CC[C@H](C)NC(=O)[C@@H](Cc1ccccc1)N(Cc1cccc(OC)c1)C(=O)COc1cccc(C)c1C. The number of aryl methyl sites for hydroxylation is 1. The molecular weight excluding hydrogens is 464 g/mol. The molecule has 3 aromatic rings. The molecule has 0 radical (unpaired) electrons. The van der Waals surface area contributed by atoms with Crippen LogP contribution in [0.15, 0.2) is 72.8 Å². The van der Waals surface area contributed by atoms with E-state index in [1.807, 2.05) is 100 Å². The van der Waals surface area contributed by atoms with Gasteiger partial charge in [0.2, 0.25) is 5.91 Å². The van der Waals surface area contributed by atoms with Crippen molar-refractivity contribution in [2.75, 3.05) is 13.7 Å². The molecule has 1 N–H and O–H groups in total. The van der Waals surface area contributed by atoms with Gasteiger partial charge < -0.3 is 19.7 Å². The first-order valence-corrected chi connectivity index (χ1v) is 12.8. The first-order valence-electron chi connectivity index (χ1n) is 12.8. The monoisotopic (exact) mass is 502 g/mol. The summed E-state index contributed by atoms with van der Waals surface area (Å²) in [6.45, 7) is 8.05. The third-order valence-corrected chi connectivity index (χ3v) is 6.67. The maximum Gasteiger partial charge on any atom is 0.261 e. The Bertz CT molecular complexity index is 1180. The summed E-state index contributed by atoms with van der Waals surface area (Å²) >= 11 is 0. The molecule has 0 aliphatic carbocycles. The first-order chi connectivity index (χ1) is 17.8. The average molecular weight is 503 g/mol. The molecule has 6 heteroatoms. The number of rotatable bonds is 12. The van der Waals surface area contributed by atoms with E-state index < -0.39 is 6.04 Å². The topological polar surface area (TPSA) is 67.9 Å². The fourth-order valence-corrected chi connectivity index (χ4v) is 4.07. The average Bonchev–Trinajstić information content (AvgIpc) is 2.91. The Morgan fingerprint density at radius 2 is 1.65 bits per heavy atom. The summed E-state index contributed by atoms with van der Waals surface area (Å²) in [6, 6.07) is 22.4. The van der Waals surface area contributed by atoms with Crippen molar-refractivity contribution in [3.05, 3.63) is 95.1 Å². The maximum absolute atomic E-state index is 13.8. The highest BCUT2D eigenvalue weighted by Crippen LogP contribution is 2.22. The van der Waals surface area contributed by atoms with E-state index in [2.05, 4.69) is 5.32 Å². The van der Waals surface area contributed by atoms with Gasteiger partial charge in [-0.25, -0.2) is 0 Å². The molecule has 0 spiro atoms. The van der Waals surface area contributed by atoms with Crippen LogP contribution in [0.25, 0.3) is 0 Å². The third kappa shape index (κ3) is 7.84. The molecule has 3 aromatic carbocycles. The molecule has 6 nitrogen and oxygen atoms in total. The maximum atomic E-state index is 13.8. The lowest BCUT2D eigenvalue weighted by Gasteiger charge is -2.32. The van der Waals surface area contributed by atoms with Crippen molar-refractivity contribution in [3.63, 3.8) is 0 Å². The van der Waals surface area contributed by atoms with Crippen molar-refractivity contribution in [2.24, 2.45) is 0 Å². The van der Waals surface area contributed by atoms with Crippen LogP contribution in [-0.2, 0) is 22.6 Å². The predicted octanol–water partition coefficient (Wildman–Crippen LogP) is 5.25. The second-order valence-electron chi connectivity index (χ2n) is 9.38. The van der Waals surface area contributed by atoms with Crippen LogP contribution in [0.2, 0.25) is 0 Å². The number of amides is 2. The number of carbonyl (C=O) groups is 2. The minimum atomic E-state index is -0.711. The number of hydrogen-bond donors (Lipinski definition) is 1. The number of hydrogen-bond acceptors (Lipinski definition) is 4. The van der Waals surface area contributed by atoms with Crippen molar-refractivity contribution in [1.29, 1.82) is 0 Å². The van der Waals surface area contributed by atoms with Gasteiger partial charge in [0.1, 0.15) is 17.5 Å². The van der Waals surface area contributed by atoms with E-state index in [-0.39, 0.29) is 31.0 Å². The van der Waals surface area contributed by atoms with E-state index in [0.717, 1.165) is 28.7 Å². The van der Waals surface area contributed by atoms with Crippen LogP contribution in [0.5, 0.6) is 11.5 Å². The van der Waals surface area contributed by atoms with Crippen LogP contribution in [0.1, 0.15) is 42.5 Å². The second kappa shape index (κ2) is 13.5. The van der Waals surface area contributed by atoms with Gasteiger partial charge in [-0.3, -0.25) is 9.59 Å². The summed E-state index contributed by atoms with van der Waals surface area (Å²) in [6.07, 6.45) is 1.19. The first kappa shape index (κ1) is 27.8. The van der Waals surface area contributed by atoms with Gasteiger partial charge in [0, 0.05) is 19.0 Å². The number of nitrogens with one attached hydrogen (secondary N) is 1. The number of ether oxygens (including phenoxy) is 2. The quantitative estimate of drug-likeness (QED) is 0.368. The van der Waals surface area contributed by atoms with Gasteiger partial charge in [0.05, 0.1) is 7.11 Å². The van der Waals surface area contributed by atoms with Gasteiger partial charge in [0.15, 0.2) is 6.61 Å². The van der Waals surface area contributed by atoms with Crippen LogP contribution < -0.4 is 14.8 Å². The Balaban J connectivity index is 1.95. The number of nitrogens with zero attached hydrogens (tertiary/aromatic N) is 1. The number of benzene rings is 3. The van der Waals surface area contributed by atoms with Gasteiger partial charge in [-0.1, -0.05) is 61.5 Å². The molecule has 37 heavy (non-hydrogen) atoms. The lowest BCUT2D eigenvalue weighted by molar-refractivity contribution is -0.143. The Morgan fingerprint density at radius 1 is 0.946 bits per heavy atom. The zero-order chi connectivity index (χ0) is 26.8. The predicted molar refractivity (Wildman–Crippen MR) is 147 cm³/mol. The fraction of sp³-hybridized carbons (Fsp3) is 0.355. The zero-order valence-electron chi connectivity index (χ0n) is 22.5. The smallest absolute Gasteiger partial charge is 0.261 e. The van der Waals surface area contributed by atoms with Crippen LogP contribution in [-0.4, -0.2) is 42.5 Å². The van der Waals surface area contributed by atoms with E-state index >= 15 is 0 Å². The summed E-state index contributed by atoms with van der Waals surface area (Å²) in [7, 11) is 1.61. The Hall–Kier alpha value is -3.80. The van der Waals surface area contributed by atoms with Crippen LogP contribution in [0, 0.1) is 13.8 Å². The van der Waals surface area contributed by atoms with Gasteiger partial charge in [-0.05, 0) is 67.6 Å². The van der Waals surface area contributed by atoms with E-state index in [1.165, 1.54) is 0 Å². The summed E-state index contributed by atoms with van der Waals surface area (Å²) in [4.78, 5) is 29.0. The van der Waals surface area contributed by atoms with Crippen molar-refractivity contribution < 1.29 is 19.1 Å². The Morgan fingerprint density at radius 3 is 2.35 bits per heavy atom. The van der Waals surface area contributed by atoms with Crippen molar-refractivity contribution in [3.8, 4) is 11.5 Å². The molecule has 0 heterocycles. The lowest BCUT2D eigenvalue weighted by Crippen LogP contribution is -2.53. The molecule has 0 aliphatic rings. The normalized spacial score (nSPS) is 12.4. The lowest BCUT2D eigenvalue weighted by atomic mass is 10.0. The zero-order valence-corrected chi connectivity index (χ0v) is 22.5. The van der Waals surface area contributed by atoms with Gasteiger partial charge in [-0.15, -0.1) is 0 Å². The van der Waals surface area contributed by atoms with E-state index in [4.69, 9.17) is 9.47 Å². The van der Waals surface area contributed by atoms with Crippen LogP contribution in [0.3, 0.4) is 0 Å². The molecule has 3 rings (SSSR count).